The van der Waals surface area contributed by atoms with Crippen LogP contribution in [0.4, 0.5) is 13.2 Å². The number of hydrogen-bond donors (Lipinski definition) is 1. The summed E-state index contributed by atoms with van der Waals surface area (Å²) >= 11 is 0. The number of rotatable bonds is 4. The van der Waals surface area contributed by atoms with Crippen LogP contribution in [0.1, 0.15) is 35.6 Å². The number of halogens is 3. The maximum absolute atomic E-state index is 13.2. The van der Waals surface area contributed by atoms with Gasteiger partial charge in [0.05, 0.1) is 12.0 Å². The zero-order chi connectivity index (χ0) is 21.4. The Morgan fingerprint density at radius 1 is 1.06 bits per heavy atom. The lowest BCUT2D eigenvalue weighted by atomic mass is 9.83. The molecule has 5 rings (SSSR count). The highest BCUT2D eigenvalue weighted by Crippen LogP contribution is 2.35. The topological polar surface area (TPSA) is 72.3 Å². The Bertz CT molecular complexity index is 1210. The molecule has 0 saturated heterocycles. The Morgan fingerprint density at radius 2 is 1.94 bits per heavy atom. The molecule has 6 nitrogen and oxygen atoms in total. The molecule has 158 valence electrons. The third-order valence-corrected chi connectivity index (χ3v) is 5.67. The van der Waals surface area contributed by atoms with Crippen molar-refractivity contribution in [3.8, 4) is 22.6 Å². The van der Waals surface area contributed by atoms with Gasteiger partial charge in [0.25, 0.3) is 0 Å². The smallest absolute Gasteiger partial charge is 0.336 e. The number of pyridine rings is 1. The van der Waals surface area contributed by atoms with Crippen molar-refractivity contribution in [2.45, 2.75) is 37.9 Å². The first-order chi connectivity index (χ1) is 15.0. The minimum absolute atomic E-state index is 0.255. The lowest BCUT2D eigenvalue weighted by Gasteiger charge is -2.25. The van der Waals surface area contributed by atoms with E-state index in [9.17, 15) is 13.2 Å². The molecule has 0 saturated carbocycles. The summed E-state index contributed by atoms with van der Waals surface area (Å²) in [5.41, 5.74) is 2.85. The minimum atomic E-state index is -4.59. The predicted octanol–water partition coefficient (Wildman–Crippen LogP) is 4.87. The summed E-state index contributed by atoms with van der Waals surface area (Å²) in [6.45, 7) is 0.797. The Kier molecular flexibility index (Phi) is 4.80. The largest absolute Gasteiger partial charge is 0.437 e. The van der Waals surface area contributed by atoms with Crippen LogP contribution in [0.15, 0.2) is 55.1 Å². The first kappa shape index (κ1) is 19.5. The summed E-state index contributed by atoms with van der Waals surface area (Å²) in [7, 11) is 0. The van der Waals surface area contributed by atoms with Crippen LogP contribution in [0.25, 0.3) is 22.6 Å². The van der Waals surface area contributed by atoms with Crippen LogP contribution in [-0.2, 0) is 19.1 Å². The Labute approximate surface area is 176 Å². The van der Waals surface area contributed by atoms with E-state index in [1.54, 1.807) is 12.4 Å². The number of imidazole rings is 1. The molecule has 3 aromatic heterocycles. The van der Waals surface area contributed by atoms with Crippen LogP contribution in [0.5, 0.6) is 0 Å². The second-order valence-electron chi connectivity index (χ2n) is 7.69. The second-order valence-corrected chi connectivity index (χ2v) is 7.69. The molecule has 3 heterocycles. The van der Waals surface area contributed by atoms with Crippen LogP contribution in [-0.4, -0.2) is 29.9 Å². The summed E-state index contributed by atoms with van der Waals surface area (Å²) in [6.07, 6.45) is 3.88. The van der Waals surface area contributed by atoms with Gasteiger partial charge in [-0.2, -0.15) is 28.6 Å². The van der Waals surface area contributed by atoms with E-state index in [4.69, 9.17) is 0 Å². The predicted molar refractivity (Wildman–Crippen MR) is 108 cm³/mol. The lowest BCUT2D eigenvalue weighted by Crippen LogP contribution is -2.14. The molecule has 1 N–H and O–H groups in total. The summed E-state index contributed by atoms with van der Waals surface area (Å²) in [4.78, 5) is 8.73. The van der Waals surface area contributed by atoms with Crippen molar-refractivity contribution in [3.63, 3.8) is 0 Å². The van der Waals surface area contributed by atoms with Crippen LogP contribution in [0, 0.1) is 0 Å². The van der Waals surface area contributed by atoms with Crippen LogP contribution >= 0.6 is 0 Å². The SMILES string of the molecule is FC(F)(F)c1n[nH]nc1-c1ccnc(-c2cn(C[C@H]3CCCc4ccccc43)cn2)c1. The van der Waals surface area contributed by atoms with Gasteiger partial charge in [-0.15, -0.1) is 0 Å². The fourth-order valence-corrected chi connectivity index (χ4v) is 4.24. The number of aryl methyl sites for hydroxylation is 1. The van der Waals surface area contributed by atoms with Gasteiger partial charge in [0.15, 0.2) is 5.69 Å². The van der Waals surface area contributed by atoms with Gasteiger partial charge < -0.3 is 4.57 Å². The molecule has 0 amide bonds. The summed E-state index contributed by atoms with van der Waals surface area (Å²) in [5.74, 6) is 0.413. The van der Waals surface area contributed by atoms with Crippen molar-refractivity contribution >= 4 is 0 Å². The average Bonchev–Trinajstić information content (AvgIpc) is 3.44. The third-order valence-electron chi connectivity index (χ3n) is 5.67. The van der Waals surface area contributed by atoms with Gasteiger partial charge in [-0.3, -0.25) is 4.98 Å². The van der Waals surface area contributed by atoms with Crippen molar-refractivity contribution in [2.24, 2.45) is 0 Å². The van der Waals surface area contributed by atoms with Gasteiger partial charge in [-0.1, -0.05) is 24.3 Å². The Hall–Kier alpha value is -3.49. The zero-order valence-electron chi connectivity index (χ0n) is 16.5. The van der Waals surface area contributed by atoms with E-state index < -0.39 is 11.9 Å². The normalized spacial score (nSPS) is 16.3. The maximum atomic E-state index is 13.2. The van der Waals surface area contributed by atoms with E-state index in [2.05, 4.69) is 49.6 Å². The number of nitrogens with zero attached hydrogens (tertiary/aromatic N) is 5. The number of benzene rings is 1. The van der Waals surface area contributed by atoms with E-state index >= 15 is 0 Å². The molecule has 0 aliphatic heterocycles. The fourth-order valence-electron chi connectivity index (χ4n) is 4.24. The first-order valence-corrected chi connectivity index (χ1v) is 10.0. The number of aromatic nitrogens is 6. The molecule has 1 atom stereocenters. The van der Waals surface area contributed by atoms with Gasteiger partial charge in [0.2, 0.25) is 0 Å². The van der Waals surface area contributed by atoms with E-state index in [1.165, 1.54) is 23.4 Å². The fraction of sp³-hybridized carbons (Fsp3) is 0.273. The van der Waals surface area contributed by atoms with Crippen LogP contribution in [0.3, 0.4) is 0 Å². The second kappa shape index (κ2) is 7.64. The first-order valence-electron chi connectivity index (χ1n) is 10.0. The minimum Gasteiger partial charge on any atom is -0.336 e. The number of aromatic amines is 1. The standard InChI is InChI=1S/C22H19F3N6/c23-22(24,25)21-20(28-30-29-21)15-8-9-26-18(10-15)19-12-31(13-27-19)11-16-6-3-5-14-4-1-2-7-17(14)16/h1-2,4,7-10,12-13,16H,3,5-6,11H2,(H,28,29,30)/t16-/m1/s1. The molecule has 9 heteroatoms. The number of hydrogen-bond acceptors (Lipinski definition) is 4. The van der Waals surface area contributed by atoms with Crippen molar-refractivity contribution in [2.75, 3.05) is 0 Å². The molecule has 0 radical (unpaired) electrons. The van der Waals surface area contributed by atoms with Gasteiger partial charge in [-0.05, 0) is 42.5 Å². The van der Waals surface area contributed by atoms with E-state index in [1.807, 2.05) is 10.8 Å². The van der Waals surface area contributed by atoms with Crippen LogP contribution < -0.4 is 0 Å². The molecular weight excluding hydrogens is 405 g/mol. The molecule has 4 aromatic rings. The summed E-state index contributed by atoms with van der Waals surface area (Å²) in [6, 6.07) is 11.6. The molecule has 0 unspecified atom stereocenters. The molecule has 1 aromatic carbocycles. The maximum Gasteiger partial charge on any atom is 0.437 e. The summed E-state index contributed by atoms with van der Waals surface area (Å²) < 4.78 is 41.5. The molecular formula is C22H19F3N6. The van der Waals surface area contributed by atoms with E-state index in [0.29, 0.717) is 17.3 Å². The molecule has 1 aliphatic carbocycles. The highest BCUT2D eigenvalue weighted by Gasteiger charge is 2.38. The Morgan fingerprint density at radius 3 is 2.81 bits per heavy atom. The Balaban J connectivity index is 1.40. The molecule has 0 spiro atoms. The molecule has 1 aliphatic rings. The average molecular weight is 424 g/mol. The van der Waals surface area contributed by atoms with E-state index in [-0.39, 0.29) is 11.3 Å². The lowest BCUT2D eigenvalue weighted by molar-refractivity contribution is -0.140. The van der Waals surface area contributed by atoms with Crippen LogP contribution in [0.2, 0.25) is 0 Å². The van der Waals surface area contributed by atoms with E-state index in [0.717, 1.165) is 25.8 Å². The molecule has 0 bridgehead atoms. The number of nitrogens with one attached hydrogen (secondary N) is 1. The number of H-pyrrole nitrogens is 1. The molecule has 0 fully saturated rings. The highest BCUT2D eigenvalue weighted by molar-refractivity contribution is 5.67. The highest BCUT2D eigenvalue weighted by atomic mass is 19.4. The molecule has 31 heavy (non-hydrogen) atoms. The third kappa shape index (κ3) is 3.83. The van der Waals surface area contributed by atoms with Crippen molar-refractivity contribution in [3.05, 3.63) is 71.9 Å². The number of fused-ring (bicyclic) bond motifs is 1. The van der Waals surface area contributed by atoms with Gasteiger partial charge in [0.1, 0.15) is 11.4 Å². The monoisotopic (exact) mass is 424 g/mol. The van der Waals surface area contributed by atoms with Gasteiger partial charge in [0, 0.05) is 30.4 Å². The zero-order valence-corrected chi connectivity index (χ0v) is 16.5. The van der Waals surface area contributed by atoms with Crippen molar-refractivity contribution in [1.29, 1.82) is 0 Å². The van der Waals surface area contributed by atoms with Crippen molar-refractivity contribution in [1.82, 2.24) is 29.9 Å². The van der Waals surface area contributed by atoms with Gasteiger partial charge in [-0.25, -0.2) is 4.98 Å². The summed E-state index contributed by atoms with van der Waals surface area (Å²) in [5, 5.41) is 8.99. The van der Waals surface area contributed by atoms with Crippen molar-refractivity contribution < 1.29 is 13.2 Å². The van der Waals surface area contributed by atoms with Gasteiger partial charge >= 0.3 is 6.18 Å². The number of alkyl halides is 3. The quantitative estimate of drug-likeness (QED) is 0.507.